The summed E-state index contributed by atoms with van der Waals surface area (Å²) in [4.78, 5) is 0. The van der Waals surface area contributed by atoms with Crippen molar-refractivity contribution in [1.82, 2.24) is 0 Å². The fourth-order valence-electron chi connectivity index (χ4n) is 1.52. The van der Waals surface area contributed by atoms with E-state index in [0.717, 1.165) is 29.5 Å². The minimum absolute atomic E-state index is 0.197. The average molecular weight is 313 g/mol. The quantitative estimate of drug-likeness (QED) is 0.455. The molecule has 0 aromatic heterocycles. The molecule has 0 fully saturated rings. The lowest BCUT2D eigenvalue weighted by Gasteiger charge is -2.22. The molecular weight excluding hydrogens is 292 g/mol. The van der Waals surface area contributed by atoms with Crippen LogP contribution in [0.3, 0.4) is 0 Å². The van der Waals surface area contributed by atoms with E-state index in [4.69, 9.17) is 15.9 Å². The Morgan fingerprint density at radius 3 is 2.44 bits per heavy atom. The maximum atomic E-state index is 7.47. The monoisotopic (exact) mass is 312 g/mol. The number of nitrogens with two attached hydrogens (primary N) is 1. The van der Waals surface area contributed by atoms with Crippen LogP contribution in [0.25, 0.3) is 0 Å². The van der Waals surface area contributed by atoms with Gasteiger partial charge in [-0.3, -0.25) is 5.41 Å². The maximum Gasteiger partial charge on any atom is 0.119 e. The highest BCUT2D eigenvalue weighted by Crippen LogP contribution is 2.23. The van der Waals surface area contributed by atoms with E-state index < -0.39 is 0 Å². The lowest BCUT2D eigenvalue weighted by Crippen LogP contribution is -2.30. The summed E-state index contributed by atoms with van der Waals surface area (Å²) in [7, 11) is 0. The predicted octanol–water partition coefficient (Wildman–Crippen LogP) is 3.96. The SMILES string of the molecule is CC(C)(CCCCOc1ccc(Br)cc1)C(=N)N. The zero-order valence-electron chi connectivity index (χ0n) is 11.0. The van der Waals surface area contributed by atoms with Crippen LogP contribution in [0.5, 0.6) is 5.75 Å². The van der Waals surface area contributed by atoms with Crippen LogP contribution in [0.1, 0.15) is 33.1 Å². The first kappa shape index (κ1) is 15.0. The Bertz CT molecular complexity index is 387. The molecule has 18 heavy (non-hydrogen) atoms. The number of hydrogen-bond donors (Lipinski definition) is 2. The summed E-state index contributed by atoms with van der Waals surface area (Å²) in [6.45, 7) is 4.71. The molecule has 100 valence electrons. The summed E-state index contributed by atoms with van der Waals surface area (Å²) in [6.07, 6.45) is 2.92. The van der Waals surface area contributed by atoms with Gasteiger partial charge in [0.25, 0.3) is 0 Å². The average Bonchev–Trinajstić information content (AvgIpc) is 2.31. The molecule has 4 heteroatoms. The number of amidine groups is 1. The fraction of sp³-hybridized carbons (Fsp3) is 0.500. The number of ether oxygens (including phenoxy) is 1. The fourth-order valence-corrected chi connectivity index (χ4v) is 1.79. The Kier molecular flexibility index (Phi) is 5.66. The lowest BCUT2D eigenvalue weighted by molar-refractivity contribution is 0.296. The van der Waals surface area contributed by atoms with Crippen molar-refractivity contribution in [3.8, 4) is 5.75 Å². The second kappa shape index (κ2) is 6.78. The summed E-state index contributed by atoms with van der Waals surface area (Å²) >= 11 is 3.39. The Hall–Kier alpha value is -1.03. The van der Waals surface area contributed by atoms with E-state index in [9.17, 15) is 0 Å². The summed E-state index contributed by atoms with van der Waals surface area (Å²) in [6, 6.07) is 7.83. The van der Waals surface area contributed by atoms with Crippen LogP contribution in [-0.4, -0.2) is 12.4 Å². The molecule has 0 heterocycles. The number of halogens is 1. The van der Waals surface area contributed by atoms with E-state index in [1.165, 1.54) is 0 Å². The van der Waals surface area contributed by atoms with Crippen LogP contribution in [0.2, 0.25) is 0 Å². The zero-order chi connectivity index (χ0) is 13.6. The van der Waals surface area contributed by atoms with E-state index in [1.54, 1.807) is 0 Å². The highest BCUT2D eigenvalue weighted by atomic mass is 79.9. The van der Waals surface area contributed by atoms with Crippen molar-refractivity contribution in [3.63, 3.8) is 0 Å². The maximum absolute atomic E-state index is 7.47. The number of hydrogen-bond acceptors (Lipinski definition) is 2. The molecule has 0 aliphatic heterocycles. The summed E-state index contributed by atoms with van der Waals surface area (Å²) < 4.78 is 6.68. The van der Waals surface area contributed by atoms with Crippen molar-refractivity contribution in [3.05, 3.63) is 28.7 Å². The molecule has 0 aliphatic rings. The molecule has 1 aromatic carbocycles. The first-order chi connectivity index (χ1) is 8.42. The van der Waals surface area contributed by atoms with Crippen LogP contribution in [0.4, 0.5) is 0 Å². The van der Waals surface area contributed by atoms with Gasteiger partial charge in [0, 0.05) is 9.89 Å². The van der Waals surface area contributed by atoms with Crippen molar-refractivity contribution >= 4 is 21.8 Å². The molecule has 0 saturated heterocycles. The second-order valence-corrected chi connectivity index (χ2v) is 5.97. The van der Waals surface area contributed by atoms with Crippen molar-refractivity contribution in [1.29, 1.82) is 5.41 Å². The van der Waals surface area contributed by atoms with Crippen LogP contribution < -0.4 is 10.5 Å². The van der Waals surface area contributed by atoms with Gasteiger partial charge in [0.05, 0.1) is 12.4 Å². The third-order valence-electron chi connectivity index (χ3n) is 3.01. The van der Waals surface area contributed by atoms with Crippen LogP contribution in [0, 0.1) is 10.8 Å². The van der Waals surface area contributed by atoms with Gasteiger partial charge in [-0.05, 0) is 43.5 Å². The van der Waals surface area contributed by atoms with Crippen LogP contribution in [0.15, 0.2) is 28.7 Å². The standard InChI is InChI=1S/C14H21BrN2O/c1-14(2,13(16)17)9-3-4-10-18-12-7-5-11(15)6-8-12/h5-8H,3-4,9-10H2,1-2H3,(H3,16,17). The van der Waals surface area contributed by atoms with Gasteiger partial charge in [0.15, 0.2) is 0 Å². The minimum Gasteiger partial charge on any atom is -0.494 e. The van der Waals surface area contributed by atoms with E-state index in [1.807, 2.05) is 38.1 Å². The molecule has 3 N–H and O–H groups in total. The Morgan fingerprint density at radius 1 is 1.28 bits per heavy atom. The molecule has 0 bridgehead atoms. The van der Waals surface area contributed by atoms with E-state index in [2.05, 4.69) is 15.9 Å². The lowest BCUT2D eigenvalue weighted by atomic mass is 9.86. The normalized spacial score (nSPS) is 11.3. The largest absolute Gasteiger partial charge is 0.494 e. The van der Waals surface area contributed by atoms with Gasteiger partial charge in [-0.25, -0.2) is 0 Å². The Morgan fingerprint density at radius 2 is 1.89 bits per heavy atom. The molecule has 0 amide bonds. The van der Waals surface area contributed by atoms with E-state index in [-0.39, 0.29) is 11.3 Å². The van der Waals surface area contributed by atoms with Crippen LogP contribution >= 0.6 is 15.9 Å². The van der Waals surface area contributed by atoms with Crippen molar-refractivity contribution in [2.75, 3.05) is 6.61 Å². The van der Waals surface area contributed by atoms with Crippen molar-refractivity contribution < 1.29 is 4.74 Å². The topological polar surface area (TPSA) is 59.1 Å². The van der Waals surface area contributed by atoms with E-state index in [0.29, 0.717) is 6.61 Å². The molecule has 0 aliphatic carbocycles. The van der Waals surface area contributed by atoms with Crippen molar-refractivity contribution in [2.24, 2.45) is 11.1 Å². The number of benzene rings is 1. The molecular formula is C14H21BrN2O. The molecule has 3 nitrogen and oxygen atoms in total. The predicted molar refractivity (Wildman–Crippen MR) is 79.2 cm³/mol. The highest BCUT2D eigenvalue weighted by Gasteiger charge is 2.20. The first-order valence-corrected chi connectivity index (χ1v) is 6.94. The van der Waals surface area contributed by atoms with Gasteiger partial charge >= 0.3 is 0 Å². The van der Waals surface area contributed by atoms with Gasteiger partial charge < -0.3 is 10.5 Å². The number of unbranched alkanes of at least 4 members (excludes halogenated alkanes) is 1. The smallest absolute Gasteiger partial charge is 0.119 e. The Balaban J connectivity index is 2.20. The molecule has 0 saturated carbocycles. The first-order valence-electron chi connectivity index (χ1n) is 6.15. The molecule has 0 unspecified atom stereocenters. The van der Waals surface area contributed by atoms with E-state index >= 15 is 0 Å². The molecule has 0 spiro atoms. The third-order valence-corrected chi connectivity index (χ3v) is 3.54. The summed E-state index contributed by atoms with van der Waals surface area (Å²) in [5.41, 5.74) is 5.34. The van der Waals surface area contributed by atoms with Gasteiger partial charge in [0.2, 0.25) is 0 Å². The van der Waals surface area contributed by atoms with Gasteiger partial charge in [-0.2, -0.15) is 0 Å². The second-order valence-electron chi connectivity index (χ2n) is 5.06. The van der Waals surface area contributed by atoms with Gasteiger partial charge in [0.1, 0.15) is 5.75 Å². The summed E-state index contributed by atoms with van der Waals surface area (Å²) in [5.74, 6) is 1.15. The highest BCUT2D eigenvalue weighted by molar-refractivity contribution is 9.10. The minimum atomic E-state index is -0.197. The van der Waals surface area contributed by atoms with Crippen LogP contribution in [-0.2, 0) is 0 Å². The Labute approximate surface area is 117 Å². The van der Waals surface area contributed by atoms with Crippen molar-refractivity contribution in [2.45, 2.75) is 33.1 Å². The molecule has 1 aromatic rings. The molecule has 1 rings (SSSR count). The zero-order valence-corrected chi connectivity index (χ0v) is 12.6. The third kappa shape index (κ3) is 5.08. The van der Waals surface area contributed by atoms with Gasteiger partial charge in [-0.1, -0.05) is 29.8 Å². The molecule has 0 radical (unpaired) electrons. The summed E-state index contributed by atoms with van der Waals surface area (Å²) in [5, 5.41) is 7.47. The number of rotatable bonds is 7. The number of nitrogens with one attached hydrogen (secondary N) is 1. The molecule has 0 atom stereocenters. The van der Waals surface area contributed by atoms with Gasteiger partial charge in [-0.15, -0.1) is 0 Å².